The highest BCUT2D eigenvalue weighted by atomic mass is 79.9. The van der Waals surface area contributed by atoms with E-state index in [1.165, 1.54) is 12.3 Å². The summed E-state index contributed by atoms with van der Waals surface area (Å²) in [5.41, 5.74) is 2.93. The molecule has 1 amide bonds. The van der Waals surface area contributed by atoms with E-state index in [-0.39, 0.29) is 11.7 Å². The van der Waals surface area contributed by atoms with Gasteiger partial charge >= 0.3 is 0 Å². The van der Waals surface area contributed by atoms with E-state index >= 15 is 0 Å². The van der Waals surface area contributed by atoms with Crippen LogP contribution in [0.2, 0.25) is 5.02 Å². The second kappa shape index (κ2) is 9.44. The van der Waals surface area contributed by atoms with Gasteiger partial charge in [-0.2, -0.15) is 5.10 Å². The first-order chi connectivity index (χ1) is 12.0. The van der Waals surface area contributed by atoms with Crippen molar-refractivity contribution in [3.63, 3.8) is 0 Å². The fourth-order valence-electron chi connectivity index (χ4n) is 2.05. The average molecular weight is 426 g/mol. The quantitative estimate of drug-likeness (QED) is 0.506. The smallest absolute Gasteiger partial charge is 0.281 e. The molecule has 0 aliphatic heterocycles. The molecule has 25 heavy (non-hydrogen) atoms. The third-order valence-electron chi connectivity index (χ3n) is 3.30. The number of aromatic hydroxyl groups is 1. The minimum Gasteiger partial charge on any atom is -0.507 e. The summed E-state index contributed by atoms with van der Waals surface area (Å²) < 4.78 is 6.51. The van der Waals surface area contributed by atoms with Crippen LogP contribution >= 0.6 is 27.5 Å². The summed E-state index contributed by atoms with van der Waals surface area (Å²) in [6.45, 7) is 1.97. The molecule has 0 spiro atoms. The largest absolute Gasteiger partial charge is 0.507 e. The van der Waals surface area contributed by atoms with Crippen LogP contribution in [-0.2, 0) is 4.79 Å². The van der Waals surface area contributed by atoms with Gasteiger partial charge in [-0.1, -0.05) is 40.9 Å². The first kappa shape index (κ1) is 19.3. The van der Waals surface area contributed by atoms with Gasteiger partial charge in [0.2, 0.25) is 0 Å². The van der Waals surface area contributed by atoms with E-state index in [9.17, 15) is 9.90 Å². The Morgan fingerprint density at radius 2 is 2.08 bits per heavy atom. The number of halogens is 2. The van der Waals surface area contributed by atoms with Gasteiger partial charge in [-0.3, -0.25) is 4.79 Å². The number of hydrazone groups is 1. The Bertz CT molecular complexity index is 750. The van der Waals surface area contributed by atoms with Gasteiger partial charge < -0.3 is 9.84 Å². The lowest BCUT2D eigenvalue weighted by Crippen LogP contribution is -2.35. The zero-order valence-corrected chi connectivity index (χ0v) is 15.9. The van der Waals surface area contributed by atoms with Crippen molar-refractivity contribution in [1.29, 1.82) is 0 Å². The van der Waals surface area contributed by atoms with Crippen LogP contribution < -0.4 is 10.2 Å². The lowest BCUT2D eigenvalue weighted by molar-refractivity contribution is -0.128. The molecule has 0 saturated carbocycles. The Hall–Kier alpha value is -2.05. The highest BCUT2D eigenvalue weighted by Gasteiger charge is 2.19. The van der Waals surface area contributed by atoms with Gasteiger partial charge in [0.25, 0.3) is 5.91 Å². The first-order valence-electron chi connectivity index (χ1n) is 7.73. The summed E-state index contributed by atoms with van der Waals surface area (Å²) in [5, 5.41) is 14.2. The number of hydrogen-bond donors (Lipinski definition) is 2. The summed E-state index contributed by atoms with van der Waals surface area (Å²) in [6, 6.07) is 11.8. The molecule has 0 saturated heterocycles. The fourth-order valence-corrected chi connectivity index (χ4v) is 2.55. The van der Waals surface area contributed by atoms with Crippen LogP contribution in [-0.4, -0.2) is 23.3 Å². The molecule has 0 heterocycles. The van der Waals surface area contributed by atoms with Crippen molar-refractivity contribution in [3.05, 3.63) is 57.5 Å². The number of phenolic OH excluding ortho intramolecular Hbond substituents is 1. The third-order valence-corrected chi connectivity index (χ3v) is 4.05. The topological polar surface area (TPSA) is 70.9 Å². The first-order valence-corrected chi connectivity index (χ1v) is 8.90. The van der Waals surface area contributed by atoms with E-state index in [4.69, 9.17) is 16.3 Å². The molecule has 0 aliphatic carbocycles. The molecule has 5 nitrogen and oxygen atoms in total. The summed E-state index contributed by atoms with van der Waals surface area (Å²) >= 11 is 9.16. The van der Waals surface area contributed by atoms with Gasteiger partial charge in [-0.15, -0.1) is 0 Å². The number of amides is 1. The van der Waals surface area contributed by atoms with Crippen molar-refractivity contribution < 1.29 is 14.6 Å². The number of rotatable bonds is 7. The molecule has 2 N–H and O–H groups in total. The lowest BCUT2D eigenvalue weighted by Gasteiger charge is -2.16. The number of nitrogens with zero attached hydrogens (tertiary/aromatic N) is 1. The SMILES string of the molecule is CCC[C@H](Oc1ccc(Cl)cc1)C(=O)N/N=C\c1cc(Br)ccc1O. The third kappa shape index (κ3) is 6.07. The molecule has 0 aromatic heterocycles. The maximum absolute atomic E-state index is 12.3. The normalized spacial score (nSPS) is 12.1. The van der Waals surface area contributed by atoms with Crippen molar-refractivity contribution in [2.75, 3.05) is 0 Å². The van der Waals surface area contributed by atoms with Crippen LogP contribution in [0.15, 0.2) is 52.0 Å². The highest BCUT2D eigenvalue weighted by molar-refractivity contribution is 9.10. The standard InChI is InChI=1S/C18H18BrClN2O3/c1-2-3-17(25-15-7-5-14(20)6-8-15)18(24)22-21-11-12-10-13(19)4-9-16(12)23/h4-11,17,23H,2-3H2,1H3,(H,22,24)/b21-11-/t17-/m0/s1. The summed E-state index contributed by atoms with van der Waals surface area (Å²) in [4.78, 5) is 12.3. The number of benzene rings is 2. The minimum absolute atomic E-state index is 0.0729. The van der Waals surface area contributed by atoms with Crippen molar-refractivity contribution in [2.24, 2.45) is 5.10 Å². The van der Waals surface area contributed by atoms with E-state index in [1.54, 1.807) is 36.4 Å². The summed E-state index contributed by atoms with van der Waals surface area (Å²) in [7, 11) is 0. The Morgan fingerprint density at radius 1 is 1.36 bits per heavy atom. The molecule has 0 bridgehead atoms. The van der Waals surface area contributed by atoms with E-state index in [0.29, 0.717) is 22.8 Å². The van der Waals surface area contributed by atoms with Gasteiger partial charge in [-0.05, 0) is 48.9 Å². The molecule has 2 aromatic rings. The Labute approximate surface area is 159 Å². The molecule has 1 atom stereocenters. The van der Waals surface area contributed by atoms with Crippen molar-refractivity contribution in [1.82, 2.24) is 5.43 Å². The number of carbonyl (C=O) groups excluding carboxylic acids is 1. The zero-order chi connectivity index (χ0) is 18.2. The van der Waals surface area contributed by atoms with Crippen molar-refractivity contribution >= 4 is 39.7 Å². The summed E-state index contributed by atoms with van der Waals surface area (Å²) in [6.07, 6.45) is 2.04. The highest BCUT2D eigenvalue weighted by Crippen LogP contribution is 2.20. The molecule has 132 valence electrons. The van der Waals surface area contributed by atoms with Gasteiger partial charge in [0, 0.05) is 15.1 Å². The molecule has 2 aromatic carbocycles. The Morgan fingerprint density at radius 3 is 2.76 bits per heavy atom. The number of ether oxygens (including phenoxy) is 1. The van der Waals surface area contributed by atoms with Crippen LogP contribution in [0.3, 0.4) is 0 Å². The monoisotopic (exact) mass is 424 g/mol. The van der Waals surface area contributed by atoms with Gasteiger partial charge in [0.05, 0.1) is 6.21 Å². The molecular formula is C18H18BrClN2O3. The maximum Gasteiger partial charge on any atom is 0.281 e. The molecule has 0 fully saturated rings. The van der Waals surface area contributed by atoms with Crippen molar-refractivity contribution in [2.45, 2.75) is 25.9 Å². The van der Waals surface area contributed by atoms with E-state index in [2.05, 4.69) is 26.5 Å². The predicted octanol–water partition coefficient (Wildman–Crippen LogP) is 4.51. The Balaban J connectivity index is 2.00. The zero-order valence-electron chi connectivity index (χ0n) is 13.6. The van der Waals surface area contributed by atoms with Gasteiger partial charge in [-0.25, -0.2) is 5.43 Å². The van der Waals surface area contributed by atoms with Crippen LogP contribution in [0.1, 0.15) is 25.3 Å². The predicted molar refractivity (Wildman–Crippen MR) is 102 cm³/mol. The lowest BCUT2D eigenvalue weighted by atomic mass is 10.2. The van der Waals surface area contributed by atoms with E-state index in [1.807, 2.05) is 6.92 Å². The maximum atomic E-state index is 12.3. The molecule has 0 aliphatic rings. The van der Waals surface area contributed by atoms with Gasteiger partial charge in [0.15, 0.2) is 6.10 Å². The number of hydrogen-bond acceptors (Lipinski definition) is 4. The van der Waals surface area contributed by atoms with Crippen LogP contribution in [0.25, 0.3) is 0 Å². The number of carbonyl (C=O) groups is 1. The number of phenols is 1. The van der Waals surface area contributed by atoms with Crippen molar-refractivity contribution in [3.8, 4) is 11.5 Å². The van der Waals surface area contributed by atoms with Gasteiger partial charge in [0.1, 0.15) is 11.5 Å². The molecule has 7 heteroatoms. The molecule has 0 radical (unpaired) electrons. The summed E-state index contributed by atoms with van der Waals surface area (Å²) in [5.74, 6) is 0.276. The van der Waals surface area contributed by atoms with Crippen LogP contribution in [0.4, 0.5) is 0 Å². The average Bonchev–Trinajstić information content (AvgIpc) is 2.59. The van der Waals surface area contributed by atoms with E-state index in [0.717, 1.165) is 10.9 Å². The minimum atomic E-state index is -0.667. The molecular weight excluding hydrogens is 408 g/mol. The van der Waals surface area contributed by atoms with Crippen LogP contribution in [0, 0.1) is 0 Å². The van der Waals surface area contributed by atoms with E-state index < -0.39 is 6.10 Å². The number of nitrogens with one attached hydrogen (secondary N) is 1. The second-order valence-electron chi connectivity index (χ2n) is 5.29. The molecule has 2 rings (SSSR count). The fraction of sp³-hybridized carbons (Fsp3) is 0.222. The second-order valence-corrected chi connectivity index (χ2v) is 6.64. The van der Waals surface area contributed by atoms with Crippen LogP contribution in [0.5, 0.6) is 11.5 Å². The molecule has 0 unspecified atom stereocenters. The Kier molecular flexibility index (Phi) is 7.28.